The average molecular weight is 268 g/mol. The minimum atomic E-state index is 0.185. The molecule has 3 unspecified atom stereocenters. The van der Waals surface area contributed by atoms with Gasteiger partial charge in [-0.3, -0.25) is 4.90 Å². The molecule has 1 aliphatic carbocycles. The molecule has 0 spiro atoms. The van der Waals surface area contributed by atoms with Gasteiger partial charge < -0.3 is 10.5 Å². The second-order valence-corrected chi connectivity index (χ2v) is 6.61. The Morgan fingerprint density at radius 3 is 2.84 bits per heavy atom. The molecule has 2 aliphatic rings. The lowest BCUT2D eigenvalue weighted by molar-refractivity contribution is -0.0955. The van der Waals surface area contributed by atoms with E-state index in [4.69, 9.17) is 10.5 Å². The van der Waals surface area contributed by atoms with Crippen LogP contribution in [0.4, 0.5) is 0 Å². The third kappa shape index (κ3) is 3.50. The van der Waals surface area contributed by atoms with Gasteiger partial charge in [0, 0.05) is 24.7 Å². The topological polar surface area (TPSA) is 38.5 Å². The van der Waals surface area contributed by atoms with E-state index >= 15 is 0 Å². The largest absolute Gasteiger partial charge is 0.375 e. The van der Waals surface area contributed by atoms with Crippen molar-refractivity contribution in [2.45, 2.75) is 82.9 Å². The van der Waals surface area contributed by atoms with Crippen LogP contribution in [0.1, 0.15) is 65.2 Å². The molecule has 1 aliphatic heterocycles. The fourth-order valence-corrected chi connectivity index (χ4v) is 3.89. The molecule has 0 amide bonds. The normalized spacial score (nSPS) is 31.1. The molecule has 0 radical (unpaired) electrons. The lowest BCUT2D eigenvalue weighted by Crippen LogP contribution is -2.61. The predicted molar refractivity (Wildman–Crippen MR) is 80.3 cm³/mol. The number of rotatable bonds is 7. The zero-order valence-electron chi connectivity index (χ0n) is 12.9. The Balaban J connectivity index is 1.94. The van der Waals surface area contributed by atoms with Gasteiger partial charge in [-0.1, -0.05) is 32.6 Å². The first-order valence-electron chi connectivity index (χ1n) is 8.29. The van der Waals surface area contributed by atoms with Gasteiger partial charge in [0.15, 0.2) is 0 Å². The third-order valence-electron chi connectivity index (χ3n) is 5.18. The Morgan fingerprint density at radius 2 is 2.11 bits per heavy atom. The molecule has 2 fully saturated rings. The molecule has 3 heteroatoms. The van der Waals surface area contributed by atoms with Gasteiger partial charge in [-0.05, 0) is 32.6 Å². The third-order valence-corrected chi connectivity index (χ3v) is 5.18. The lowest BCUT2D eigenvalue weighted by atomic mass is 9.89. The highest BCUT2D eigenvalue weighted by molar-refractivity contribution is 4.98. The van der Waals surface area contributed by atoms with Gasteiger partial charge in [-0.15, -0.1) is 0 Å². The van der Waals surface area contributed by atoms with Crippen LogP contribution in [0, 0.1) is 0 Å². The van der Waals surface area contributed by atoms with Gasteiger partial charge in [-0.25, -0.2) is 0 Å². The van der Waals surface area contributed by atoms with Gasteiger partial charge in [-0.2, -0.15) is 0 Å². The second-order valence-electron chi connectivity index (χ2n) is 6.61. The van der Waals surface area contributed by atoms with E-state index in [1.807, 2.05) is 0 Å². The molecule has 0 aromatic carbocycles. The zero-order valence-corrected chi connectivity index (χ0v) is 12.9. The van der Waals surface area contributed by atoms with Gasteiger partial charge in [0.2, 0.25) is 0 Å². The van der Waals surface area contributed by atoms with E-state index in [9.17, 15) is 0 Å². The fourth-order valence-electron chi connectivity index (χ4n) is 3.89. The standard InChI is InChI=1S/C16H32N2O/c1-3-4-5-6-10-16(2,13-17)18-11-12-19-15-9-7-8-14(15)18/h14-15H,3-13,17H2,1-2H3. The Morgan fingerprint density at radius 1 is 1.26 bits per heavy atom. The highest BCUT2D eigenvalue weighted by atomic mass is 16.5. The number of ether oxygens (including phenoxy) is 1. The van der Waals surface area contributed by atoms with Crippen LogP contribution >= 0.6 is 0 Å². The molecule has 3 atom stereocenters. The van der Waals surface area contributed by atoms with Gasteiger partial charge in [0.1, 0.15) is 0 Å². The fraction of sp³-hybridized carbons (Fsp3) is 1.00. The van der Waals surface area contributed by atoms with Crippen molar-refractivity contribution in [2.24, 2.45) is 5.73 Å². The minimum Gasteiger partial charge on any atom is -0.375 e. The van der Waals surface area contributed by atoms with E-state index in [2.05, 4.69) is 18.7 Å². The summed E-state index contributed by atoms with van der Waals surface area (Å²) in [6, 6.07) is 0.633. The molecule has 0 aromatic rings. The number of morpholine rings is 1. The van der Waals surface area contributed by atoms with Crippen LogP contribution in [0.15, 0.2) is 0 Å². The maximum atomic E-state index is 6.15. The van der Waals surface area contributed by atoms with Crippen LogP contribution in [0.3, 0.4) is 0 Å². The monoisotopic (exact) mass is 268 g/mol. The molecule has 1 saturated heterocycles. The molecular weight excluding hydrogens is 236 g/mol. The average Bonchev–Trinajstić information content (AvgIpc) is 2.91. The van der Waals surface area contributed by atoms with E-state index in [0.29, 0.717) is 12.1 Å². The summed E-state index contributed by atoms with van der Waals surface area (Å²) in [5.74, 6) is 0. The maximum absolute atomic E-state index is 6.15. The molecule has 0 aromatic heterocycles. The number of hydrogen-bond donors (Lipinski definition) is 1. The Kier molecular flexibility index (Phi) is 5.67. The smallest absolute Gasteiger partial charge is 0.0731 e. The Bertz CT molecular complexity index is 271. The molecule has 19 heavy (non-hydrogen) atoms. The highest BCUT2D eigenvalue weighted by Crippen LogP contribution is 2.35. The van der Waals surface area contributed by atoms with Crippen LogP contribution in [0.5, 0.6) is 0 Å². The number of nitrogens with zero attached hydrogens (tertiary/aromatic N) is 1. The molecular formula is C16H32N2O. The van der Waals surface area contributed by atoms with Crippen LogP contribution in [-0.4, -0.2) is 42.3 Å². The van der Waals surface area contributed by atoms with Crippen molar-refractivity contribution in [3.05, 3.63) is 0 Å². The first-order valence-corrected chi connectivity index (χ1v) is 8.29. The van der Waals surface area contributed by atoms with E-state index < -0.39 is 0 Å². The van der Waals surface area contributed by atoms with Crippen LogP contribution < -0.4 is 5.73 Å². The summed E-state index contributed by atoms with van der Waals surface area (Å²) in [5.41, 5.74) is 6.34. The van der Waals surface area contributed by atoms with Crippen LogP contribution in [0.25, 0.3) is 0 Å². The molecule has 1 saturated carbocycles. The van der Waals surface area contributed by atoms with Gasteiger partial charge >= 0.3 is 0 Å². The summed E-state index contributed by atoms with van der Waals surface area (Å²) >= 11 is 0. The quantitative estimate of drug-likeness (QED) is 0.722. The SMILES string of the molecule is CCCCCCC(C)(CN)N1CCOC2CCCC21. The van der Waals surface area contributed by atoms with Crippen molar-refractivity contribution in [3.63, 3.8) is 0 Å². The van der Waals surface area contributed by atoms with Crippen molar-refractivity contribution in [1.29, 1.82) is 0 Å². The van der Waals surface area contributed by atoms with Crippen molar-refractivity contribution >= 4 is 0 Å². The molecule has 3 nitrogen and oxygen atoms in total. The van der Waals surface area contributed by atoms with Gasteiger partial charge in [0.25, 0.3) is 0 Å². The lowest BCUT2D eigenvalue weighted by Gasteiger charge is -2.49. The first kappa shape index (κ1) is 15.3. The number of unbranched alkanes of at least 4 members (excludes halogenated alkanes) is 3. The van der Waals surface area contributed by atoms with E-state index in [-0.39, 0.29) is 5.54 Å². The predicted octanol–water partition coefficient (Wildman–Crippen LogP) is 2.93. The Labute approximate surface area is 118 Å². The number of hydrogen-bond acceptors (Lipinski definition) is 3. The van der Waals surface area contributed by atoms with Crippen molar-refractivity contribution < 1.29 is 4.74 Å². The van der Waals surface area contributed by atoms with Crippen molar-refractivity contribution in [2.75, 3.05) is 19.7 Å². The van der Waals surface area contributed by atoms with E-state index in [0.717, 1.165) is 19.7 Å². The van der Waals surface area contributed by atoms with Gasteiger partial charge in [0.05, 0.1) is 12.7 Å². The summed E-state index contributed by atoms with van der Waals surface area (Å²) in [6.45, 7) is 7.39. The molecule has 0 bridgehead atoms. The second kappa shape index (κ2) is 7.05. The van der Waals surface area contributed by atoms with Crippen molar-refractivity contribution in [3.8, 4) is 0 Å². The highest BCUT2D eigenvalue weighted by Gasteiger charge is 2.43. The van der Waals surface area contributed by atoms with Crippen LogP contribution in [0.2, 0.25) is 0 Å². The molecule has 2 rings (SSSR count). The molecule has 112 valence electrons. The minimum absolute atomic E-state index is 0.185. The van der Waals surface area contributed by atoms with E-state index in [1.54, 1.807) is 0 Å². The summed E-state index contributed by atoms with van der Waals surface area (Å²) < 4.78 is 5.93. The molecule has 2 N–H and O–H groups in total. The maximum Gasteiger partial charge on any atom is 0.0731 e. The van der Waals surface area contributed by atoms with E-state index in [1.165, 1.54) is 51.4 Å². The number of nitrogens with two attached hydrogens (primary N) is 1. The van der Waals surface area contributed by atoms with Crippen molar-refractivity contribution in [1.82, 2.24) is 4.90 Å². The zero-order chi connectivity index (χ0) is 13.7. The first-order chi connectivity index (χ1) is 9.21. The molecule has 1 heterocycles. The summed E-state index contributed by atoms with van der Waals surface area (Å²) in [4.78, 5) is 2.69. The Hall–Kier alpha value is -0.120. The van der Waals surface area contributed by atoms with Crippen LogP contribution in [-0.2, 0) is 4.74 Å². The summed E-state index contributed by atoms with van der Waals surface area (Å²) in [5, 5.41) is 0. The summed E-state index contributed by atoms with van der Waals surface area (Å²) in [7, 11) is 0. The number of fused-ring (bicyclic) bond motifs is 1. The summed E-state index contributed by atoms with van der Waals surface area (Å²) in [6.07, 6.45) is 10.9.